The Kier molecular flexibility index (Phi) is 6.72. The Bertz CT molecular complexity index is 852. The smallest absolute Gasteiger partial charge is 0.134 e. The summed E-state index contributed by atoms with van der Waals surface area (Å²) in [5.41, 5.74) is 0. The lowest BCUT2D eigenvalue weighted by Crippen LogP contribution is -2.50. The first kappa shape index (κ1) is 21.4. The van der Waals surface area contributed by atoms with E-state index in [9.17, 15) is 0 Å². The maximum atomic E-state index is 4.66. The Morgan fingerprint density at radius 1 is 0.781 bits per heavy atom. The Balaban J connectivity index is 1.15. The van der Waals surface area contributed by atoms with E-state index < -0.39 is 0 Å². The molecule has 0 bridgehead atoms. The third-order valence-corrected chi connectivity index (χ3v) is 7.32. The van der Waals surface area contributed by atoms with Gasteiger partial charge in [0.1, 0.15) is 23.8 Å². The molecular weight excluding hydrogens is 398 g/mol. The van der Waals surface area contributed by atoms with Crippen LogP contribution >= 0.6 is 0 Å². The van der Waals surface area contributed by atoms with E-state index in [2.05, 4.69) is 59.7 Å². The van der Waals surface area contributed by atoms with Gasteiger partial charge in [-0.05, 0) is 49.7 Å². The molecule has 3 aliphatic heterocycles. The highest BCUT2D eigenvalue weighted by Crippen LogP contribution is 2.27. The molecule has 3 saturated heterocycles. The van der Waals surface area contributed by atoms with Crippen LogP contribution in [-0.4, -0.2) is 78.8 Å². The number of piperazine rings is 1. The monoisotopic (exact) mass is 435 g/mol. The Morgan fingerprint density at radius 3 is 2.25 bits per heavy atom. The van der Waals surface area contributed by atoms with Gasteiger partial charge in [0.25, 0.3) is 0 Å². The van der Waals surface area contributed by atoms with Crippen molar-refractivity contribution in [2.45, 2.75) is 32.6 Å². The van der Waals surface area contributed by atoms with Crippen molar-refractivity contribution in [2.24, 2.45) is 11.8 Å². The van der Waals surface area contributed by atoms with Crippen LogP contribution in [0, 0.1) is 11.8 Å². The summed E-state index contributed by atoms with van der Waals surface area (Å²) in [7, 11) is 0. The summed E-state index contributed by atoms with van der Waals surface area (Å²) >= 11 is 0. The maximum Gasteiger partial charge on any atom is 0.134 e. The van der Waals surface area contributed by atoms with E-state index in [1.165, 1.54) is 32.2 Å². The van der Waals surface area contributed by atoms with Gasteiger partial charge in [0.15, 0.2) is 0 Å². The van der Waals surface area contributed by atoms with E-state index in [4.69, 9.17) is 0 Å². The molecule has 0 spiro atoms. The molecule has 0 aromatic carbocycles. The van der Waals surface area contributed by atoms with E-state index in [1.54, 1.807) is 6.33 Å². The van der Waals surface area contributed by atoms with Gasteiger partial charge in [-0.25, -0.2) is 15.0 Å². The number of hydrogen-bond acceptors (Lipinski definition) is 7. The molecule has 3 aliphatic rings. The number of nitrogens with zero attached hydrogens (tertiary/aromatic N) is 7. The normalized spacial score (nSPS) is 25.2. The summed E-state index contributed by atoms with van der Waals surface area (Å²) in [6, 6.07) is 8.42. The minimum absolute atomic E-state index is 0.707. The lowest BCUT2D eigenvalue weighted by Gasteiger charge is -2.40. The van der Waals surface area contributed by atoms with Crippen molar-refractivity contribution in [1.82, 2.24) is 19.9 Å². The molecule has 2 unspecified atom stereocenters. The highest BCUT2D eigenvalue weighted by molar-refractivity contribution is 5.50. The fourth-order valence-corrected chi connectivity index (χ4v) is 5.57. The highest BCUT2D eigenvalue weighted by Gasteiger charge is 2.26. The molecule has 2 aromatic heterocycles. The molecule has 0 N–H and O–H groups in total. The van der Waals surface area contributed by atoms with E-state index in [1.807, 2.05) is 12.3 Å². The molecule has 5 rings (SSSR count). The van der Waals surface area contributed by atoms with Gasteiger partial charge in [0.05, 0.1) is 0 Å². The molecule has 0 radical (unpaired) electrons. The standard InChI is InChI=1S/C25H37N7/c1-21-6-4-10-31(17-21)24-16-25(28-20-27-24)32-11-5-7-22(19-32)18-29-12-14-30(15-13-29)23-8-2-3-9-26-23/h2-3,8-9,16,20-22H,4-7,10-15,17-19H2,1H3. The Hall–Kier alpha value is -2.41. The van der Waals surface area contributed by atoms with Gasteiger partial charge in [-0.15, -0.1) is 0 Å². The zero-order chi connectivity index (χ0) is 21.8. The number of pyridine rings is 1. The van der Waals surface area contributed by atoms with Gasteiger partial charge >= 0.3 is 0 Å². The molecule has 2 aromatic rings. The molecule has 3 fully saturated rings. The first-order chi connectivity index (χ1) is 15.7. The predicted molar refractivity (Wildman–Crippen MR) is 130 cm³/mol. The second-order valence-corrected chi connectivity index (χ2v) is 9.86. The summed E-state index contributed by atoms with van der Waals surface area (Å²) in [6.45, 7) is 12.4. The topological polar surface area (TPSA) is 51.6 Å². The van der Waals surface area contributed by atoms with Gasteiger partial charge < -0.3 is 14.7 Å². The van der Waals surface area contributed by atoms with Crippen LogP contribution < -0.4 is 14.7 Å². The van der Waals surface area contributed by atoms with Gasteiger partial charge in [-0.2, -0.15) is 0 Å². The van der Waals surface area contributed by atoms with Gasteiger partial charge in [0, 0.05) is 71.2 Å². The van der Waals surface area contributed by atoms with Crippen LogP contribution in [0.3, 0.4) is 0 Å². The number of anilines is 3. The van der Waals surface area contributed by atoms with Crippen molar-refractivity contribution in [3.8, 4) is 0 Å². The fraction of sp³-hybridized carbons (Fsp3) is 0.640. The van der Waals surface area contributed by atoms with Crippen molar-refractivity contribution in [1.29, 1.82) is 0 Å². The van der Waals surface area contributed by atoms with Gasteiger partial charge in [-0.1, -0.05) is 13.0 Å². The number of hydrogen-bond donors (Lipinski definition) is 0. The molecule has 172 valence electrons. The van der Waals surface area contributed by atoms with E-state index in [0.717, 1.165) is 75.7 Å². The predicted octanol–water partition coefficient (Wildman–Crippen LogP) is 3.15. The third kappa shape index (κ3) is 5.14. The summed E-state index contributed by atoms with van der Waals surface area (Å²) in [4.78, 5) is 23.8. The second kappa shape index (κ2) is 10.0. The largest absolute Gasteiger partial charge is 0.356 e. The molecule has 7 heteroatoms. The van der Waals surface area contributed by atoms with E-state index in [0.29, 0.717) is 5.92 Å². The van der Waals surface area contributed by atoms with Crippen molar-refractivity contribution in [2.75, 3.05) is 73.6 Å². The average Bonchev–Trinajstić information content (AvgIpc) is 2.85. The van der Waals surface area contributed by atoms with E-state index in [-0.39, 0.29) is 0 Å². The van der Waals surface area contributed by atoms with Crippen LogP contribution in [0.25, 0.3) is 0 Å². The van der Waals surface area contributed by atoms with Crippen LogP contribution in [0.4, 0.5) is 17.5 Å². The van der Waals surface area contributed by atoms with Crippen molar-refractivity contribution < 1.29 is 0 Å². The highest BCUT2D eigenvalue weighted by atomic mass is 15.3. The van der Waals surface area contributed by atoms with Crippen LogP contribution in [0.5, 0.6) is 0 Å². The van der Waals surface area contributed by atoms with Crippen LogP contribution in [0.2, 0.25) is 0 Å². The summed E-state index contributed by atoms with van der Waals surface area (Å²) < 4.78 is 0. The summed E-state index contributed by atoms with van der Waals surface area (Å²) in [5, 5.41) is 0. The lowest BCUT2D eigenvalue weighted by atomic mass is 9.97. The summed E-state index contributed by atoms with van der Waals surface area (Å²) in [6.07, 6.45) is 8.82. The maximum absolute atomic E-state index is 4.66. The van der Waals surface area contributed by atoms with Crippen LogP contribution in [-0.2, 0) is 0 Å². The molecule has 0 amide bonds. The number of aromatic nitrogens is 3. The van der Waals surface area contributed by atoms with Crippen LogP contribution in [0.15, 0.2) is 36.8 Å². The minimum atomic E-state index is 0.707. The van der Waals surface area contributed by atoms with E-state index >= 15 is 0 Å². The molecule has 7 nitrogen and oxygen atoms in total. The zero-order valence-electron chi connectivity index (χ0n) is 19.4. The first-order valence-electron chi connectivity index (χ1n) is 12.4. The van der Waals surface area contributed by atoms with Crippen molar-refractivity contribution in [3.63, 3.8) is 0 Å². The Morgan fingerprint density at radius 2 is 1.53 bits per heavy atom. The molecule has 2 atom stereocenters. The van der Waals surface area contributed by atoms with Gasteiger partial charge in [0.2, 0.25) is 0 Å². The molecule has 32 heavy (non-hydrogen) atoms. The Labute approximate surface area is 192 Å². The molecule has 5 heterocycles. The molecular formula is C25H37N7. The quantitative estimate of drug-likeness (QED) is 0.715. The SMILES string of the molecule is CC1CCCN(c2cc(N3CCCC(CN4CCN(c5ccccn5)CC4)C3)ncn2)C1. The zero-order valence-corrected chi connectivity index (χ0v) is 19.4. The molecule has 0 aliphatic carbocycles. The second-order valence-electron chi connectivity index (χ2n) is 9.86. The number of rotatable bonds is 5. The average molecular weight is 436 g/mol. The number of piperidine rings is 2. The molecule has 0 saturated carbocycles. The lowest BCUT2D eigenvalue weighted by molar-refractivity contribution is 0.205. The van der Waals surface area contributed by atoms with Crippen molar-refractivity contribution in [3.05, 3.63) is 36.8 Å². The first-order valence-corrected chi connectivity index (χ1v) is 12.4. The van der Waals surface area contributed by atoms with Gasteiger partial charge in [-0.3, -0.25) is 4.90 Å². The van der Waals surface area contributed by atoms with Crippen molar-refractivity contribution >= 4 is 17.5 Å². The summed E-state index contributed by atoms with van der Waals surface area (Å²) in [5.74, 6) is 4.78. The minimum Gasteiger partial charge on any atom is -0.356 e. The van der Waals surface area contributed by atoms with Crippen LogP contribution in [0.1, 0.15) is 32.6 Å². The third-order valence-electron chi connectivity index (χ3n) is 7.32. The fourth-order valence-electron chi connectivity index (χ4n) is 5.57.